The molecule has 0 saturated carbocycles. The maximum absolute atomic E-state index is 10.6. The lowest BCUT2D eigenvalue weighted by Crippen LogP contribution is -2.36. The van der Waals surface area contributed by atoms with Gasteiger partial charge < -0.3 is 19.1 Å². The molecule has 1 atom stereocenters. The van der Waals surface area contributed by atoms with Crippen molar-refractivity contribution in [2.24, 2.45) is 0 Å². The second-order valence-electron chi connectivity index (χ2n) is 7.85. The summed E-state index contributed by atoms with van der Waals surface area (Å²) in [5.74, 6) is 0. The number of rotatable bonds is 14. The average molecular weight is 423 g/mol. The van der Waals surface area contributed by atoms with Gasteiger partial charge in [-0.3, -0.25) is 4.90 Å². The summed E-state index contributed by atoms with van der Waals surface area (Å²) in [4.78, 5) is 2.28. The molecule has 0 spiro atoms. The van der Waals surface area contributed by atoms with Crippen molar-refractivity contribution in [1.29, 1.82) is 0 Å². The summed E-state index contributed by atoms with van der Waals surface area (Å²) in [7, 11) is 1.72. The van der Waals surface area contributed by atoms with Crippen LogP contribution in [0.15, 0.2) is 79.0 Å². The SMILES string of the molecule is COCCCN(Cc1cccn1Cc1ccccc1)CC(O)COCc1ccccc1. The zero-order chi connectivity index (χ0) is 21.7. The molecule has 1 N–H and O–H groups in total. The maximum Gasteiger partial charge on any atom is 0.0900 e. The fraction of sp³-hybridized carbons (Fsp3) is 0.385. The largest absolute Gasteiger partial charge is 0.389 e. The molecule has 1 heterocycles. The van der Waals surface area contributed by atoms with Gasteiger partial charge in [0, 0.05) is 51.8 Å². The predicted molar refractivity (Wildman–Crippen MR) is 124 cm³/mol. The Morgan fingerprint density at radius 3 is 2.35 bits per heavy atom. The van der Waals surface area contributed by atoms with Crippen LogP contribution in [0.3, 0.4) is 0 Å². The van der Waals surface area contributed by atoms with Crippen molar-refractivity contribution in [3.05, 3.63) is 95.8 Å². The number of benzene rings is 2. The van der Waals surface area contributed by atoms with Gasteiger partial charge in [-0.25, -0.2) is 0 Å². The summed E-state index contributed by atoms with van der Waals surface area (Å²) in [5, 5.41) is 10.6. The first kappa shape index (κ1) is 23.2. The van der Waals surface area contributed by atoms with E-state index in [9.17, 15) is 5.11 Å². The lowest BCUT2D eigenvalue weighted by atomic mass is 10.2. The Morgan fingerprint density at radius 2 is 1.65 bits per heavy atom. The van der Waals surface area contributed by atoms with Gasteiger partial charge in [0.1, 0.15) is 0 Å². The van der Waals surface area contributed by atoms with E-state index in [0.717, 1.165) is 31.6 Å². The topological polar surface area (TPSA) is 46.9 Å². The van der Waals surface area contributed by atoms with Crippen LogP contribution in [-0.2, 0) is 29.2 Å². The summed E-state index contributed by atoms with van der Waals surface area (Å²) in [5.41, 5.74) is 3.63. The van der Waals surface area contributed by atoms with E-state index >= 15 is 0 Å². The number of hydrogen-bond donors (Lipinski definition) is 1. The molecule has 0 bridgehead atoms. The van der Waals surface area contributed by atoms with Gasteiger partial charge in [-0.05, 0) is 29.7 Å². The van der Waals surface area contributed by atoms with Gasteiger partial charge in [-0.2, -0.15) is 0 Å². The van der Waals surface area contributed by atoms with E-state index in [2.05, 4.69) is 52.1 Å². The predicted octanol–water partition coefficient (Wildman–Crippen LogP) is 3.95. The van der Waals surface area contributed by atoms with Crippen molar-refractivity contribution in [3.8, 4) is 0 Å². The number of ether oxygens (including phenoxy) is 2. The third-order valence-electron chi connectivity index (χ3n) is 5.22. The van der Waals surface area contributed by atoms with Crippen molar-refractivity contribution >= 4 is 0 Å². The molecule has 1 aromatic heterocycles. The molecule has 3 aromatic rings. The molecule has 0 saturated heterocycles. The smallest absolute Gasteiger partial charge is 0.0900 e. The average Bonchev–Trinajstić information content (AvgIpc) is 3.21. The van der Waals surface area contributed by atoms with Crippen molar-refractivity contribution in [3.63, 3.8) is 0 Å². The van der Waals surface area contributed by atoms with Crippen LogP contribution >= 0.6 is 0 Å². The van der Waals surface area contributed by atoms with Gasteiger partial charge in [-0.15, -0.1) is 0 Å². The van der Waals surface area contributed by atoms with Crippen LogP contribution < -0.4 is 0 Å². The molecule has 0 amide bonds. The molecule has 5 heteroatoms. The molecule has 2 aromatic carbocycles. The summed E-state index contributed by atoms with van der Waals surface area (Å²) in [6.45, 7) is 4.59. The molecular weight excluding hydrogens is 388 g/mol. The Balaban J connectivity index is 1.54. The summed E-state index contributed by atoms with van der Waals surface area (Å²) >= 11 is 0. The quantitative estimate of drug-likeness (QED) is 0.400. The monoisotopic (exact) mass is 422 g/mol. The highest BCUT2D eigenvalue weighted by Crippen LogP contribution is 2.12. The summed E-state index contributed by atoms with van der Waals surface area (Å²) in [6.07, 6.45) is 2.51. The van der Waals surface area contributed by atoms with E-state index in [4.69, 9.17) is 9.47 Å². The third-order valence-corrected chi connectivity index (χ3v) is 5.22. The highest BCUT2D eigenvalue weighted by atomic mass is 16.5. The minimum absolute atomic E-state index is 0.320. The zero-order valence-corrected chi connectivity index (χ0v) is 18.4. The maximum atomic E-state index is 10.6. The number of aromatic nitrogens is 1. The number of methoxy groups -OCH3 is 1. The molecule has 0 aliphatic rings. The second-order valence-corrected chi connectivity index (χ2v) is 7.85. The van der Waals surface area contributed by atoms with Gasteiger partial charge in [0.25, 0.3) is 0 Å². The van der Waals surface area contributed by atoms with Crippen molar-refractivity contribution < 1.29 is 14.6 Å². The zero-order valence-electron chi connectivity index (χ0n) is 18.4. The van der Waals surface area contributed by atoms with Crippen LogP contribution in [0.1, 0.15) is 23.2 Å². The summed E-state index contributed by atoms with van der Waals surface area (Å²) in [6, 6.07) is 24.8. The molecule has 0 aliphatic heterocycles. The van der Waals surface area contributed by atoms with E-state index in [0.29, 0.717) is 26.4 Å². The van der Waals surface area contributed by atoms with Crippen LogP contribution in [0.4, 0.5) is 0 Å². The molecule has 166 valence electrons. The Hall–Kier alpha value is -2.44. The highest BCUT2D eigenvalue weighted by molar-refractivity contribution is 5.18. The number of aliphatic hydroxyl groups is 1. The molecule has 0 radical (unpaired) electrons. The number of hydrogen-bond acceptors (Lipinski definition) is 4. The first-order chi connectivity index (χ1) is 15.2. The van der Waals surface area contributed by atoms with Gasteiger partial charge in [-0.1, -0.05) is 60.7 Å². The molecular formula is C26H34N2O3. The fourth-order valence-corrected chi connectivity index (χ4v) is 3.66. The van der Waals surface area contributed by atoms with E-state index in [1.807, 2.05) is 36.4 Å². The first-order valence-corrected chi connectivity index (χ1v) is 10.9. The van der Waals surface area contributed by atoms with Gasteiger partial charge in [0.15, 0.2) is 0 Å². The molecule has 31 heavy (non-hydrogen) atoms. The molecule has 0 aliphatic carbocycles. The lowest BCUT2D eigenvalue weighted by molar-refractivity contribution is 0.00706. The van der Waals surface area contributed by atoms with Crippen molar-refractivity contribution in [2.75, 3.05) is 33.4 Å². The Labute approximate surface area is 185 Å². The van der Waals surface area contributed by atoms with Gasteiger partial charge in [0.05, 0.1) is 19.3 Å². The van der Waals surface area contributed by atoms with Crippen LogP contribution in [0.2, 0.25) is 0 Å². The molecule has 1 unspecified atom stereocenters. The Kier molecular flexibility index (Phi) is 9.80. The molecule has 5 nitrogen and oxygen atoms in total. The fourth-order valence-electron chi connectivity index (χ4n) is 3.66. The molecule has 0 fully saturated rings. The van der Waals surface area contributed by atoms with E-state index in [1.54, 1.807) is 7.11 Å². The standard InChI is InChI=1S/C26H34N2O3/c1-30-17-9-15-27(20-26(29)22-31-21-24-12-6-3-7-13-24)19-25-14-8-16-28(25)18-23-10-4-2-5-11-23/h2-8,10-14,16,26,29H,9,15,17-22H2,1H3. The molecule has 3 rings (SSSR count). The van der Waals surface area contributed by atoms with Crippen LogP contribution in [0.5, 0.6) is 0 Å². The number of aliphatic hydroxyl groups excluding tert-OH is 1. The van der Waals surface area contributed by atoms with E-state index in [-0.39, 0.29) is 0 Å². The minimum atomic E-state index is -0.538. The van der Waals surface area contributed by atoms with Crippen LogP contribution in [-0.4, -0.2) is 54.1 Å². The first-order valence-electron chi connectivity index (χ1n) is 10.9. The minimum Gasteiger partial charge on any atom is -0.389 e. The van der Waals surface area contributed by atoms with E-state index in [1.165, 1.54) is 11.3 Å². The number of nitrogens with zero attached hydrogens (tertiary/aromatic N) is 2. The Bertz CT molecular complexity index is 851. The normalized spacial score (nSPS) is 12.4. The third kappa shape index (κ3) is 8.31. The summed E-state index contributed by atoms with van der Waals surface area (Å²) < 4.78 is 13.2. The van der Waals surface area contributed by atoms with Gasteiger partial charge >= 0.3 is 0 Å². The van der Waals surface area contributed by atoms with E-state index < -0.39 is 6.10 Å². The van der Waals surface area contributed by atoms with Crippen molar-refractivity contribution in [2.45, 2.75) is 32.2 Å². The van der Waals surface area contributed by atoms with Gasteiger partial charge in [0.2, 0.25) is 0 Å². The van der Waals surface area contributed by atoms with Crippen molar-refractivity contribution in [1.82, 2.24) is 9.47 Å². The van der Waals surface area contributed by atoms with Crippen LogP contribution in [0, 0.1) is 0 Å². The Morgan fingerprint density at radius 1 is 0.935 bits per heavy atom. The second kappa shape index (κ2) is 13.1. The van der Waals surface area contributed by atoms with Crippen LogP contribution in [0.25, 0.3) is 0 Å². The lowest BCUT2D eigenvalue weighted by Gasteiger charge is -2.26. The highest BCUT2D eigenvalue weighted by Gasteiger charge is 2.14.